The molecule has 46 heavy (non-hydrogen) atoms. The standard InChI is InChI=1S/C40H27N5S/c1-41-24-43-40(42-2)45-35-13-7-4-10-29(35)32-22-26(16-19-37(32)45)25-15-18-36-31(21-25)28-9-3-6-12-34(28)44(36)27-17-20-39-33(23-27)30-11-5-8-14-38(30)46-39/h3-24H,1H2,2H3. The predicted molar refractivity (Wildman–Crippen MR) is 199 cm³/mol. The molecule has 0 saturated carbocycles. The zero-order valence-corrected chi connectivity index (χ0v) is 25.9. The summed E-state index contributed by atoms with van der Waals surface area (Å²) in [5.41, 5.74) is 7.99. The van der Waals surface area contributed by atoms with Crippen molar-refractivity contribution < 1.29 is 0 Å². The highest BCUT2D eigenvalue weighted by atomic mass is 32.1. The molecule has 0 aliphatic rings. The number of aromatic nitrogens is 2. The molecule has 3 heterocycles. The van der Waals surface area contributed by atoms with Crippen LogP contribution in [0.4, 0.5) is 0 Å². The average Bonchev–Trinajstić information content (AvgIpc) is 3.76. The van der Waals surface area contributed by atoms with Crippen LogP contribution in [-0.4, -0.2) is 35.2 Å². The van der Waals surface area contributed by atoms with Crippen molar-refractivity contribution >= 4 is 94.1 Å². The molecule has 6 aromatic carbocycles. The molecular weight excluding hydrogens is 583 g/mol. The first kappa shape index (κ1) is 26.5. The predicted octanol–water partition coefficient (Wildman–Crippen LogP) is 10.5. The molecule has 3 aromatic heterocycles. The summed E-state index contributed by atoms with van der Waals surface area (Å²) < 4.78 is 7.12. The highest BCUT2D eigenvalue weighted by Crippen LogP contribution is 2.39. The van der Waals surface area contributed by atoms with Gasteiger partial charge in [0.25, 0.3) is 0 Å². The van der Waals surface area contributed by atoms with Gasteiger partial charge in [-0.2, -0.15) is 0 Å². The number of hydrogen-bond acceptors (Lipinski definition) is 2. The number of aliphatic imine (C=N–C) groups is 3. The summed E-state index contributed by atoms with van der Waals surface area (Å²) in [6, 6.07) is 46.2. The van der Waals surface area contributed by atoms with Gasteiger partial charge < -0.3 is 4.57 Å². The zero-order valence-electron chi connectivity index (χ0n) is 25.1. The van der Waals surface area contributed by atoms with Gasteiger partial charge in [-0.3, -0.25) is 14.6 Å². The quantitative estimate of drug-likeness (QED) is 0.141. The van der Waals surface area contributed by atoms with E-state index in [4.69, 9.17) is 0 Å². The highest BCUT2D eigenvalue weighted by molar-refractivity contribution is 7.25. The summed E-state index contributed by atoms with van der Waals surface area (Å²) in [5, 5.41) is 7.38. The Morgan fingerprint density at radius 1 is 0.587 bits per heavy atom. The third-order valence-corrected chi connectivity index (χ3v) is 10.1. The smallest absolute Gasteiger partial charge is 0.231 e. The molecule has 0 bridgehead atoms. The van der Waals surface area contributed by atoms with Crippen molar-refractivity contribution in [1.29, 1.82) is 0 Å². The second-order valence-electron chi connectivity index (χ2n) is 11.4. The Kier molecular flexibility index (Phi) is 5.98. The van der Waals surface area contributed by atoms with Crippen LogP contribution in [0.3, 0.4) is 0 Å². The first-order valence-corrected chi connectivity index (χ1v) is 16.0. The van der Waals surface area contributed by atoms with Crippen LogP contribution in [0.25, 0.3) is 80.6 Å². The van der Waals surface area contributed by atoms with Crippen molar-refractivity contribution in [3.8, 4) is 16.8 Å². The van der Waals surface area contributed by atoms with Crippen LogP contribution in [0.1, 0.15) is 0 Å². The molecule has 218 valence electrons. The minimum absolute atomic E-state index is 0.564. The summed E-state index contributed by atoms with van der Waals surface area (Å²) in [4.78, 5) is 12.7. The van der Waals surface area contributed by atoms with E-state index >= 15 is 0 Å². The summed E-state index contributed by atoms with van der Waals surface area (Å²) in [5.74, 6) is 0.564. The molecule has 0 spiro atoms. The lowest BCUT2D eigenvalue weighted by Crippen LogP contribution is -2.08. The summed E-state index contributed by atoms with van der Waals surface area (Å²) in [6.45, 7) is 3.53. The molecule has 0 aliphatic heterocycles. The second kappa shape index (κ2) is 10.4. The van der Waals surface area contributed by atoms with Crippen LogP contribution >= 0.6 is 11.3 Å². The van der Waals surface area contributed by atoms with Gasteiger partial charge in [-0.1, -0.05) is 66.7 Å². The van der Waals surface area contributed by atoms with Gasteiger partial charge in [0, 0.05) is 54.5 Å². The van der Waals surface area contributed by atoms with Crippen LogP contribution in [-0.2, 0) is 0 Å². The van der Waals surface area contributed by atoms with E-state index < -0.39 is 0 Å². The van der Waals surface area contributed by atoms with Crippen LogP contribution < -0.4 is 0 Å². The number of benzene rings is 6. The van der Waals surface area contributed by atoms with Crippen molar-refractivity contribution in [3.05, 3.63) is 127 Å². The molecule has 0 atom stereocenters. The molecule has 0 radical (unpaired) electrons. The van der Waals surface area contributed by atoms with Gasteiger partial charge in [0.15, 0.2) is 0 Å². The van der Waals surface area contributed by atoms with Gasteiger partial charge in [0.2, 0.25) is 5.96 Å². The average molecular weight is 610 g/mol. The van der Waals surface area contributed by atoms with Crippen LogP contribution in [0.5, 0.6) is 0 Å². The molecular formula is C40H27N5S. The van der Waals surface area contributed by atoms with Crippen LogP contribution in [0, 0.1) is 0 Å². The molecule has 5 nitrogen and oxygen atoms in total. The van der Waals surface area contributed by atoms with E-state index in [1.165, 1.54) is 59.6 Å². The van der Waals surface area contributed by atoms with Crippen molar-refractivity contribution in [3.63, 3.8) is 0 Å². The van der Waals surface area contributed by atoms with Crippen molar-refractivity contribution in [1.82, 2.24) is 9.13 Å². The lowest BCUT2D eigenvalue weighted by atomic mass is 10.0. The fourth-order valence-electron chi connectivity index (χ4n) is 6.96. The lowest BCUT2D eigenvalue weighted by molar-refractivity contribution is 1.19. The van der Waals surface area contributed by atoms with Gasteiger partial charge in [0.1, 0.15) is 6.34 Å². The van der Waals surface area contributed by atoms with E-state index in [2.05, 4.69) is 152 Å². The molecule has 0 saturated heterocycles. The third-order valence-electron chi connectivity index (χ3n) is 8.95. The molecule has 0 unspecified atom stereocenters. The second-order valence-corrected chi connectivity index (χ2v) is 12.5. The number of para-hydroxylation sites is 2. The van der Waals surface area contributed by atoms with E-state index in [0.717, 1.165) is 27.4 Å². The first-order valence-electron chi connectivity index (χ1n) is 15.2. The number of hydrogen-bond donors (Lipinski definition) is 0. The van der Waals surface area contributed by atoms with Crippen molar-refractivity contribution in [2.45, 2.75) is 0 Å². The molecule has 6 heteroatoms. The Bertz CT molecular complexity index is 2740. The Hall–Kier alpha value is -5.85. The van der Waals surface area contributed by atoms with E-state index in [1.807, 2.05) is 17.4 Å². The number of nitrogens with zero attached hydrogens (tertiary/aromatic N) is 5. The molecule has 9 rings (SSSR count). The highest BCUT2D eigenvalue weighted by Gasteiger charge is 2.17. The Labute approximate surface area is 268 Å². The maximum atomic E-state index is 4.46. The fourth-order valence-corrected chi connectivity index (χ4v) is 8.05. The maximum absolute atomic E-state index is 4.46. The summed E-state index contributed by atoms with van der Waals surface area (Å²) >= 11 is 1.85. The fraction of sp³-hybridized carbons (Fsp3) is 0.0250. The topological polar surface area (TPSA) is 46.9 Å². The van der Waals surface area contributed by atoms with Gasteiger partial charge >= 0.3 is 0 Å². The lowest BCUT2D eigenvalue weighted by Gasteiger charge is -2.09. The van der Waals surface area contributed by atoms with Gasteiger partial charge in [-0.25, -0.2) is 4.99 Å². The van der Waals surface area contributed by atoms with E-state index in [-0.39, 0.29) is 0 Å². The van der Waals surface area contributed by atoms with Crippen molar-refractivity contribution in [2.75, 3.05) is 7.05 Å². The number of thiophene rings is 1. The Morgan fingerprint density at radius 3 is 1.93 bits per heavy atom. The molecule has 0 fully saturated rings. The monoisotopic (exact) mass is 609 g/mol. The van der Waals surface area contributed by atoms with E-state index in [9.17, 15) is 0 Å². The third kappa shape index (κ3) is 3.90. The zero-order chi connectivity index (χ0) is 30.8. The largest absolute Gasteiger partial charge is 0.309 e. The maximum Gasteiger partial charge on any atom is 0.231 e. The number of rotatable bonds is 3. The minimum Gasteiger partial charge on any atom is -0.309 e. The molecule has 9 aromatic rings. The van der Waals surface area contributed by atoms with Gasteiger partial charge in [-0.15, -0.1) is 11.3 Å². The summed E-state index contributed by atoms with van der Waals surface area (Å²) in [6.07, 6.45) is 1.43. The Morgan fingerprint density at radius 2 is 1.17 bits per heavy atom. The molecule has 0 aliphatic carbocycles. The normalized spacial score (nSPS) is 12.6. The number of fused-ring (bicyclic) bond motifs is 9. The molecule has 0 amide bonds. The Balaban J connectivity index is 1.24. The SMILES string of the molecule is C=NC=NC(=NC)n1c2ccccc2c2cc(-c3ccc4c(c3)c3ccccc3n4-c3ccc4sc5ccccc5c4c3)ccc21. The molecule has 0 N–H and O–H groups in total. The van der Waals surface area contributed by atoms with Crippen LogP contribution in [0.15, 0.2) is 142 Å². The van der Waals surface area contributed by atoms with Gasteiger partial charge in [0.05, 0.1) is 22.1 Å². The minimum atomic E-state index is 0.564. The van der Waals surface area contributed by atoms with E-state index in [1.54, 1.807) is 7.05 Å². The van der Waals surface area contributed by atoms with Crippen molar-refractivity contribution in [2.24, 2.45) is 15.0 Å². The van der Waals surface area contributed by atoms with E-state index in [0.29, 0.717) is 5.96 Å². The van der Waals surface area contributed by atoms with Gasteiger partial charge in [-0.05, 0) is 78.5 Å². The first-order chi connectivity index (χ1) is 22.7. The summed E-state index contributed by atoms with van der Waals surface area (Å²) in [7, 11) is 1.75. The van der Waals surface area contributed by atoms with Crippen LogP contribution in [0.2, 0.25) is 0 Å².